The van der Waals surface area contributed by atoms with Gasteiger partial charge in [-0.3, -0.25) is 0 Å². The first-order valence-corrected chi connectivity index (χ1v) is 4.98. The molecule has 1 saturated carbocycles. The number of benzene rings is 1. The minimum atomic E-state index is -0.239. The van der Waals surface area contributed by atoms with Crippen LogP contribution in [0.1, 0.15) is 12.8 Å². The van der Waals surface area contributed by atoms with Crippen molar-refractivity contribution >= 4 is 11.4 Å². The Kier molecular flexibility index (Phi) is 1.39. The van der Waals surface area contributed by atoms with Crippen LogP contribution in [-0.4, -0.2) is 13.1 Å². The summed E-state index contributed by atoms with van der Waals surface area (Å²) in [5.41, 5.74) is 7.63. The number of nitrogens with two attached hydrogens (primary N) is 1. The molecule has 0 radical (unpaired) electrons. The first kappa shape index (κ1) is 8.09. The molecule has 0 unspecified atom stereocenters. The smallest absolute Gasteiger partial charge is 0.127 e. The molecule has 1 aromatic rings. The maximum absolute atomic E-state index is 13.1. The first-order valence-electron chi connectivity index (χ1n) is 4.98. The van der Waals surface area contributed by atoms with Gasteiger partial charge in [0.15, 0.2) is 0 Å². The zero-order chi connectivity index (χ0) is 9.76. The number of rotatable bonds is 1. The predicted octanol–water partition coefficient (Wildman–Crippen LogP) is 2.01. The highest BCUT2D eigenvalue weighted by molar-refractivity contribution is 5.58. The van der Waals surface area contributed by atoms with Crippen LogP contribution < -0.4 is 10.6 Å². The standard InChI is InChI=1S/C11H13FN2/c12-8-3-9(13)5-10(4-8)14-6-11(7-14)1-2-11/h3-5H,1-2,6-7,13H2. The van der Waals surface area contributed by atoms with Crippen LogP contribution in [0.25, 0.3) is 0 Å². The van der Waals surface area contributed by atoms with Gasteiger partial charge in [0, 0.05) is 29.9 Å². The van der Waals surface area contributed by atoms with Gasteiger partial charge in [0.05, 0.1) is 0 Å². The van der Waals surface area contributed by atoms with E-state index < -0.39 is 0 Å². The topological polar surface area (TPSA) is 29.3 Å². The third-order valence-electron chi connectivity index (χ3n) is 3.28. The van der Waals surface area contributed by atoms with Crippen LogP contribution in [0, 0.1) is 11.2 Å². The van der Waals surface area contributed by atoms with Crippen molar-refractivity contribution in [3.05, 3.63) is 24.0 Å². The minimum absolute atomic E-state index is 0.239. The molecule has 2 nitrogen and oxygen atoms in total. The molecule has 2 N–H and O–H groups in total. The molecule has 1 saturated heterocycles. The van der Waals surface area contributed by atoms with Gasteiger partial charge in [-0.15, -0.1) is 0 Å². The maximum Gasteiger partial charge on any atom is 0.127 e. The van der Waals surface area contributed by atoms with E-state index in [9.17, 15) is 4.39 Å². The number of anilines is 2. The monoisotopic (exact) mass is 192 g/mol. The van der Waals surface area contributed by atoms with Crippen molar-refractivity contribution in [2.75, 3.05) is 23.7 Å². The highest BCUT2D eigenvalue weighted by Gasteiger charge is 2.52. The van der Waals surface area contributed by atoms with E-state index in [1.165, 1.54) is 18.9 Å². The van der Waals surface area contributed by atoms with Crippen LogP contribution in [0.5, 0.6) is 0 Å². The summed E-state index contributed by atoms with van der Waals surface area (Å²) in [6.07, 6.45) is 2.68. The Morgan fingerprint density at radius 1 is 1.21 bits per heavy atom. The number of nitrogens with zero attached hydrogens (tertiary/aromatic N) is 1. The van der Waals surface area contributed by atoms with Gasteiger partial charge < -0.3 is 10.6 Å². The van der Waals surface area contributed by atoms with Crippen molar-refractivity contribution in [2.24, 2.45) is 5.41 Å². The number of nitrogen functional groups attached to an aromatic ring is 1. The second-order valence-electron chi connectivity index (χ2n) is 4.60. The lowest BCUT2D eigenvalue weighted by Gasteiger charge is -2.42. The van der Waals surface area contributed by atoms with E-state index in [4.69, 9.17) is 5.73 Å². The van der Waals surface area contributed by atoms with Crippen LogP contribution in [0.2, 0.25) is 0 Å². The SMILES string of the molecule is Nc1cc(F)cc(N2CC3(CC3)C2)c1. The van der Waals surface area contributed by atoms with E-state index in [0.29, 0.717) is 11.1 Å². The molecule has 1 spiro atoms. The average molecular weight is 192 g/mol. The van der Waals surface area contributed by atoms with Gasteiger partial charge in [-0.2, -0.15) is 0 Å². The molecule has 74 valence electrons. The van der Waals surface area contributed by atoms with Gasteiger partial charge in [-0.25, -0.2) is 4.39 Å². The molecule has 0 aromatic heterocycles. The minimum Gasteiger partial charge on any atom is -0.399 e. The lowest BCUT2D eigenvalue weighted by atomic mass is 9.96. The molecular formula is C11H13FN2. The van der Waals surface area contributed by atoms with Crippen LogP contribution in [0.4, 0.5) is 15.8 Å². The van der Waals surface area contributed by atoms with E-state index in [1.54, 1.807) is 6.07 Å². The Bertz CT molecular complexity index is 357. The zero-order valence-electron chi connectivity index (χ0n) is 7.96. The Hall–Kier alpha value is -1.25. The van der Waals surface area contributed by atoms with Crippen molar-refractivity contribution in [2.45, 2.75) is 12.8 Å². The Labute approximate surface area is 82.5 Å². The van der Waals surface area contributed by atoms with Crippen molar-refractivity contribution in [1.82, 2.24) is 0 Å². The summed E-state index contributed by atoms with van der Waals surface area (Å²) in [5, 5.41) is 0. The van der Waals surface area contributed by atoms with E-state index >= 15 is 0 Å². The number of hydrogen-bond donors (Lipinski definition) is 1. The molecule has 0 atom stereocenters. The van der Waals surface area contributed by atoms with Crippen LogP contribution in [0.3, 0.4) is 0 Å². The largest absolute Gasteiger partial charge is 0.399 e. The fourth-order valence-corrected chi connectivity index (χ4v) is 2.22. The average Bonchev–Trinajstić information content (AvgIpc) is 2.77. The Morgan fingerprint density at radius 2 is 1.93 bits per heavy atom. The summed E-state index contributed by atoms with van der Waals surface area (Å²) in [5.74, 6) is -0.239. The third-order valence-corrected chi connectivity index (χ3v) is 3.28. The second-order valence-corrected chi connectivity index (χ2v) is 4.60. The molecule has 2 aliphatic rings. The van der Waals surface area contributed by atoms with Gasteiger partial charge in [0.1, 0.15) is 5.82 Å². The van der Waals surface area contributed by atoms with Gasteiger partial charge in [-0.05, 0) is 31.0 Å². The maximum atomic E-state index is 13.1. The predicted molar refractivity (Wildman–Crippen MR) is 54.7 cm³/mol. The van der Waals surface area contributed by atoms with Gasteiger partial charge in [-0.1, -0.05) is 0 Å². The molecule has 3 heteroatoms. The van der Waals surface area contributed by atoms with E-state index in [2.05, 4.69) is 4.90 Å². The summed E-state index contributed by atoms with van der Waals surface area (Å²) in [6.45, 7) is 2.16. The van der Waals surface area contributed by atoms with Gasteiger partial charge in [0.2, 0.25) is 0 Å². The van der Waals surface area contributed by atoms with Crippen LogP contribution >= 0.6 is 0 Å². The van der Waals surface area contributed by atoms with Crippen molar-refractivity contribution in [3.63, 3.8) is 0 Å². The summed E-state index contributed by atoms with van der Waals surface area (Å²) >= 11 is 0. The summed E-state index contributed by atoms with van der Waals surface area (Å²) in [6, 6.07) is 4.76. The lowest BCUT2D eigenvalue weighted by Crippen LogP contribution is -2.48. The Balaban J connectivity index is 1.83. The molecule has 14 heavy (non-hydrogen) atoms. The molecule has 3 rings (SSSR count). The highest BCUT2D eigenvalue weighted by atomic mass is 19.1. The summed E-state index contributed by atoms with van der Waals surface area (Å²) in [7, 11) is 0. The van der Waals surface area contributed by atoms with E-state index in [1.807, 2.05) is 6.07 Å². The van der Waals surface area contributed by atoms with Crippen molar-refractivity contribution in [3.8, 4) is 0 Å². The normalized spacial score (nSPS) is 22.2. The van der Waals surface area contributed by atoms with Gasteiger partial charge >= 0.3 is 0 Å². The third kappa shape index (κ3) is 1.15. The zero-order valence-corrected chi connectivity index (χ0v) is 7.96. The molecule has 0 amide bonds. The second kappa shape index (κ2) is 2.41. The van der Waals surface area contributed by atoms with Gasteiger partial charge in [0.25, 0.3) is 0 Å². The van der Waals surface area contributed by atoms with Crippen molar-refractivity contribution in [1.29, 1.82) is 0 Å². The van der Waals surface area contributed by atoms with Crippen LogP contribution in [0.15, 0.2) is 18.2 Å². The molecular weight excluding hydrogens is 179 g/mol. The molecule has 1 aliphatic heterocycles. The van der Waals surface area contributed by atoms with E-state index in [-0.39, 0.29) is 5.82 Å². The molecule has 1 heterocycles. The van der Waals surface area contributed by atoms with Crippen molar-refractivity contribution < 1.29 is 4.39 Å². The molecule has 1 aromatic carbocycles. The Morgan fingerprint density at radius 3 is 2.50 bits per heavy atom. The molecule has 2 fully saturated rings. The summed E-state index contributed by atoms with van der Waals surface area (Å²) < 4.78 is 13.1. The molecule has 0 bridgehead atoms. The fraction of sp³-hybridized carbons (Fsp3) is 0.455. The first-order chi connectivity index (χ1) is 6.67. The number of hydrogen-bond acceptors (Lipinski definition) is 2. The highest BCUT2D eigenvalue weighted by Crippen LogP contribution is 2.53. The van der Waals surface area contributed by atoms with Crippen LogP contribution in [-0.2, 0) is 0 Å². The molecule has 1 aliphatic carbocycles. The van der Waals surface area contributed by atoms with E-state index in [0.717, 1.165) is 18.8 Å². The fourth-order valence-electron chi connectivity index (χ4n) is 2.22. The summed E-state index contributed by atoms with van der Waals surface area (Å²) in [4.78, 5) is 2.20. The lowest BCUT2D eigenvalue weighted by molar-refractivity contribution is 0.387. The quantitative estimate of drug-likeness (QED) is 0.690. The number of halogens is 1.